The molecule has 1 atom stereocenters. The lowest BCUT2D eigenvalue weighted by molar-refractivity contribution is 0.0485. The summed E-state index contributed by atoms with van der Waals surface area (Å²) in [6.07, 6.45) is 1.63. The van der Waals surface area contributed by atoms with Crippen LogP contribution in [0.15, 0.2) is 66.9 Å². The molecule has 0 bridgehead atoms. The van der Waals surface area contributed by atoms with E-state index in [0.29, 0.717) is 6.54 Å². The number of amides is 1. The van der Waals surface area contributed by atoms with Crippen LogP contribution in [0.2, 0.25) is 0 Å². The summed E-state index contributed by atoms with van der Waals surface area (Å²) in [5.41, 5.74) is 2.55. The number of hydrogen-bond donors (Lipinski definition) is 1. The lowest BCUT2D eigenvalue weighted by atomic mass is 10.0. The fraction of sp³-hybridized carbons (Fsp3) is 0.360. The van der Waals surface area contributed by atoms with E-state index in [2.05, 4.69) is 42.1 Å². The smallest absolute Gasteiger partial charge is 0.408 e. The number of carbonyl (C=O) groups is 1. The van der Waals surface area contributed by atoms with Gasteiger partial charge in [0.25, 0.3) is 0 Å². The maximum absolute atomic E-state index is 12.5. The summed E-state index contributed by atoms with van der Waals surface area (Å²) in [5.74, 6) is 0.955. The van der Waals surface area contributed by atoms with Gasteiger partial charge >= 0.3 is 6.09 Å². The van der Waals surface area contributed by atoms with E-state index in [-0.39, 0.29) is 12.0 Å². The predicted octanol–water partition coefficient (Wildman–Crippen LogP) is 5.82. The van der Waals surface area contributed by atoms with E-state index in [9.17, 15) is 4.79 Å². The molecule has 158 valence electrons. The van der Waals surface area contributed by atoms with Crippen LogP contribution < -0.4 is 5.32 Å². The molecule has 0 saturated carbocycles. The van der Waals surface area contributed by atoms with Crippen LogP contribution >= 0.6 is 0 Å². The molecule has 1 aromatic heterocycles. The third-order valence-electron chi connectivity index (χ3n) is 4.69. The standard InChI is InChI=1S/C25H31N3O2/c1-18(2)22(27-24(29)30-25(3,4)5)23-26-21(20-14-10-7-11-15-20)17-28(23)16-19-12-8-6-9-13-19/h6-15,17-18,22H,16H2,1-5H3,(H,27,29)/t22-/m0/s1. The number of alkyl carbamates (subject to hydrolysis) is 1. The van der Waals surface area contributed by atoms with Gasteiger partial charge in [-0.3, -0.25) is 0 Å². The Balaban J connectivity index is 1.98. The largest absolute Gasteiger partial charge is 0.444 e. The van der Waals surface area contributed by atoms with Crippen molar-refractivity contribution in [3.63, 3.8) is 0 Å². The second kappa shape index (κ2) is 9.16. The molecule has 0 unspecified atom stereocenters. The van der Waals surface area contributed by atoms with E-state index < -0.39 is 11.7 Å². The lowest BCUT2D eigenvalue weighted by Crippen LogP contribution is -2.38. The van der Waals surface area contributed by atoms with E-state index >= 15 is 0 Å². The van der Waals surface area contributed by atoms with Crippen LogP contribution in [-0.4, -0.2) is 21.2 Å². The van der Waals surface area contributed by atoms with Crippen molar-refractivity contribution in [2.75, 3.05) is 0 Å². The van der Waals surface area contributed by atoms with Crippen molar-refractivity contribution >= 4 is 6.09 Å². The number of ether oxygens (including phenoxy) is 1. The zero-order chi connectivity index (χ0) is 21.7. The Bertz CT molecular complexity index is 957. The normalized spacial score (nSPS) is 12.6. The molecule has 5 heteroatoms. The fourth-order valence-corrected chi connectivity index (χ4v) is 3.30. The van der Waals surface area contributed by atoms with Crippen LogP contribution in [0.5, 0.6) is 0 Å². The number of imidazole rings is 1. The summed E-state index contributed by atoms with van der Waals surface area (Å²) < 4.78 is 7.63. The Morgan fingerprint density at radius 2 is 1.63 bits per heavy atom. The Hall–Kier alpha value is -3.08. The van der Waals surface area contributed by atoms with Gasteiger partial charge in [0.15, 0.2) is 0 Å². The Morgan fingerprint density at radius 1 is 1.03 bits per heavy atom. The molecule has 2 aromatic carbocycles. The van der Waals surface area contributed by atoms with Gasteiger partial charge in [-0.05, 0) is 32.3 Å². The van der Waals surface area contributed by atoms with Crippen molar-refractivity contribution in [3.8, 4) is 11.3 Å². The van der Waals surface area contributed by atoms with Gasteiger partial charge in [0, 0.05) is 18.3 Å². The van der Waals surface area contributed by atoms with Crippen molar-refractivity contribution in [3.05, 3.63) is 78.2 Å². The fourth-order valence-electron chi connectivity index (χ4n) is 3.30. The maximum Gasteiger partial charge on any atom is 0.408 e. The van der Waals surface area contributed by atoms with E-state index in [4.69, 9.17) is 9.72 Å². The van der Waals surface area contributed by atoms with Gasteiger partial charge < -0.3 is 14.6 Å². The number of rotatable bonds is 6. The summed E-state index contributed by atoms with van der Waals surface area (Å²) in [7, 11) is 0. The molecule has 0 aliphatic rings. The SMILES string of the molecule is CC(C)[C@H](NC(=O)OC(C)(C)C)c1nc(-c2ccccc2)cn1Cc1ccccc1. The number of nitrogens with zero attached hydrogens (tertiary/aromatic N) is 2. The second-order valence-corrected chi connectivity index (χ2v) is 8.83. The van der Waals surface area contributed by atoms with Gasteiger partial charge in [-0.2, -0.15) is 0 Å². The number of aromatic nitrogens is 2. The Morgan fingerprint density at radius 3 is 2.20 bits per heavy atom. The summed E-state index contributed by atoms with van der Waals surface area (Å²) in [6.45, 7) is 10.4. The monoisotopic (exact) mass is 405 g/mol. The van der Waals surface area contributed by atoms with E-state index in [1.807, 2.05) is 69.3 Å². The highest BCUT2D eigenvalue weighted by Crippen LogP contribution is 2.27. The number of nitrogens with one attached hydrogen (secondary N) is 1. The van der Waals surface area contributed by atoms with Crippen molar-refractivity contribution in [2.45, 2.75) is 52.8 Å². The van der Waals surface area contributed by atoms with Gasteiger partial charge in [-0.15, -0.1) is 0 Å². The number of benzene rings is 2. The van der Waals surface area contributed by atoms with Crippen LogP contribution in [0.25, 0.3) is 11.3 Å². The van der Waals surface area contributed by atoms with Crippen molar-refractivity contribution in [2.24, 2.45) is 5.92 Å². The molecular formula is C25H31N3O2. The molecular weight excluding hydrogens is 374 g/mol. The van der Waals surface area contributed by atoms with E-state index in [1.54, 1.807) is 0 Å². The molecule has 0 fully saturated rings. The molecule has 0 aliphatic heterocycles. The highest BCUT2D eigenvalue weighted by atomic mass is 16.6. The molecule has 0 saturated heterocycles. The predicted molar refractivity (Wildman–Crippen MR) is 120 cm³/mol. The topological polar surface area (TPSA) is 56.1 Å². The molecule has 0 aliphatic carbocycles. The number of hydrogen-bond acceptors (Lipinski definition) is 3. The quantitative estimate of drug-likeness (QED) is 0.562. The molecule has 3 aromatic rings. The average molecular weight is 406 g/mol. The first kappa shape index (κ1) is 21.6. The minimum absolute atomic E-state index is 0.137. The van der Waals surface area contributed by atoms with Crippen molar-refractivity contribution < 1.29 is 9.53 Å². The zero-order valence-corrected chi connectivity index (χ0v) is 18.4. The van der Waals surface area contributed by atoms with Crippen molar-refractivity contribution in [1.82, 2.24) is 14.9 Å². The molecule has 5 nitrogen and oxygen atoms in total. The third-order valence-corrected chi connectivity index (χ3v) is 4.69. The maximum atomic E-state index is 12.5. The van der Waals surface area contributed by atoms with Crippen LogP contribution in [0.4, 0.5) is 4.79 Å². The highest BCUT2D eigenvalue weighted by Gasteiger charge is 2.27. The molecule has 0 radical (unpaired) electrons. The minimum atomic E-state index is -0.555. The van der Waals surface area contributed by atoms with Crippen LogP contribution in [0.1, 0.15) is 52.0 Å². The summed E-state index contributed by atoms with van der Waals surface area (Å²) >= 11 is 0. The second-order valence-electron chi connectivity index (χ2n) is 8.83. The van der Waals surface area contributed by atoms with Gasteiger partial charge in [0.2, 0.25) is 0 Å². The van der Waals surface area contributed by atoms with E-state index in [0.717, 1.165) is 17.1 Å². The Labute approximate surface area is 179 Å². The molecule has 3 rings (SSSR count). The Kier molecular flexibility index (Phi) is 6.60. The van der Waals surface area contributed by atoms with Gasteiger partial charge in [0.05, 0.1) is 11.7 Å². The summed E-state index contributed by atoms with van der Waals surface area (Å²) in [6, 6.07) is 20.1. The molecule has 1 heterocycles. The van der Waals surface area contributed by atoms with Gasteiger partial charge in [-0.25, -0.2) is 9.78 Å². The summed E-state index contributed by atoms with van der Waals surface area (Å²) in [5, 5.41) is 3.04. The van der Waals surface area contributed by atoms with Crippen LogP contribution in [0, 0.1) is 5.92 Å². The first-order chi connectivity index (χ1) is 14.2. The third kappa shape index (κ3) is 5.72. The number of carbonyl (C=O) groups excluding carboxylic acids is 1. The van der Waals surface area contributed by atoms with Crippen LogP contribution in [0.3, 0.4) is 0 Å². The van der Waals surface area contributed by atoms with Crippen LogP contribution in [-0.2, 0) is 11.3 Å². The molecule has 30 heavy (non-hydrogen) atoms. The minimum Gasteiger partial charge on any atom is -0.444 e. The first-order valence-corrected chi connectivity index (χ1v) is 10.4. The highest BCUT2D eigenvalue weighted by molar-refractivity contribution is 5.68. The molecule has 1 amide bonds. The molecule has 1 N–H and O–H groups in total. The van der Waals surface area contributed by atoms with Gasteiger partial charge in [0.1, 0.15) is 11.4 Å². The lowest BCUT2D eigenvalue weighted by Gasteiger charge is -2.26. The molecule has 0 spiro atoms. The van der Waals surface area contributed by atoms with Gasteiger partial charge in [-0.1, -0.05) is 74.5 Å². The van der Waals surface area contributed by atoms with E-state index in [1.165, 1.54) is 5.56 Å². The average Bonchev–Trinajstić information content (AvgIpc) is 3.09. The van der Waals surface area contributed by atoms with Crippen molar-refractivity contribution in [1.29, 1.82) is 0 Å². The first-order valence-electron chi connectivity index (χ1n) is 10.4. The summed E-state index contributed by atoms with van der Waals surface area (Å²) in [4.78, 5) is 17.5. The zero-order valence-electron chi connectivity index (χ0n) is 18.4.